The van der Waals surface area contributed by atoms with Gasteiger partial charge in [-0.15, -0.1) is 0 Å². The van der Waals surface area contributed by atoms with Crippen LogP contribution in [0, 0.1) is 5.92 Å². The molecule has 3 atom stereocenters. The standard InChI is InChI=1S/C11H17N3/c1-7-6-9(7)11-13-5-4-10(14-11)8(2)12-3/h4-5,7-9,12H,6H2,1-3H3. The zero-order valence-electron chi connectivity index (χ0n) is 8.99. The van der Waals surface area contributed by atoms with Gasteiger partial charge in [-0.25, -0.2) is 9.97 Å². The van der Waals surface area contributed by atoms with Gasteiger partial charge in [-0.05, 0) is 32.4 Å². The van der Waals surface area contributed by atoms with Gasteiger partial charge in [-0.2, -0.15) is 0 Å². The number of nitrogens with one attached hydrogen (secondary N) is 1. The molecule has 3 unspecified atom stereocenters. The molecule has 0 aromatic carbocycles. The van der Waals surface area contributed by atoms with Gasteiger partial charge in [0.2, 0.25) is 0 Å². The van der Waals surface area contributed by atoms with Crippen LogP contribution in [0.1, 0.15) is 43.7 Å². The van der Waals surface area contributed by atoms with Gasteiger partial charge in [0.05, 0.1) is 5.69 Å². The van der Waals surface area contributed by atoms with E-state index in [1.807, 2.05) is 19.3 Å². The summed E-state index contributed by atoms with van der Waals surface area (Å²) in [7, 11) is 1.95. The first kappa shape index (κ1) is 9.59. The summed E-state index contributed by atoms with van der Waals surface area (Å²) in [6.07, 6.45) is 3.12. The molecule has 0 amide bonds. The van der Waals surface area contributed by atoms with Crippen molar-refractivity contribution in [3.05, 3.63) is 23.8 Å². The fourth-order valence-corrected chi connectivity index (χ4v) is 1.64. The second-order valence-corrected chi connectivity index (χ2v) is 4.17. The van der Waals surface area contributed by atoms with Crippen LogP contribution >= 0.6 is 0 Å². The first-order valence-corrected chi connectivity index (χ1v) is 5.22. The second-order valence-electron chi connectivity index (χ2n) is 4.17. The Morgan fingerprint density at radius 3 is 2.86 bits per heavy atom. The summed E-state index contributed by atoms with van der Waals surface area (Å²) in [5, 5.41) is 3.19. The zero-order chi connectivity index (χ0) is 10.1. The first-order chi connectivity index (χ1) is 6.72. The van der Waals surface area contributed by atoms with Gasteiger partial charge >= 0.3 is 0 Å². The van der Waals surface area contributed by atoms with Gasteiger partial charge in [-0.1, -0.05) is 6.92 Å². The minimum atomic E-state index is 0.311. The Labute approximate surface area is 85.0 Å². The summed E-state index contributed by atoms with van der Waals surface area (Å²) < 4.78 is 0. The van der Waals surface area contributed by atoms with Crippen molar-refractivity contribution in [2.75, 3.05) is 7.05 Å². The number of hydrogen-bond donors (Lipinski definition) is 1. The fourth-order valence-electron chi connectivity index (χ4n) is 1.64. The van der Waals surface area contributed by atoms with Crippen molar-refractivity contribution in [3.8, 4) is 0 Å². The Bertz CT molecular complexity index is 305. The van der Waals surface area contributed by atoms with Crippen LogP contribution < -0.4 is 5.32 Å². The lowest BCUT2D eigenvalue weighted by Crippen LogP contribution is -2.14. The van der Waals surface area contributed by atoms with Crippen molar-refractivity contribution in [1.82, 2.24) is 15.3 Å². The molecule has 1 aromatic heterocycles. The summed E-state index contributed by atoms with van der Waals surface area (Å²) >= 11 is 0. The van der Waals surface area contributed by atoms with Crippen LogP contribution in [0.15, 0.2) is 12.3 Å². The van der Waals surface area contributed by atoms with Crippen LogP contribution in [-0.4, -0.2) is 17.0 Å². The lowest BCUT2D eigenvalue weighted by Gasteiger charge is -2.09. The van der Waals surface area contributed by atoms with Gasteiger partial charge in [-0.3, -0.25) is 0 Å². The second kappa shape index (κ2) is 3.65. The van der Waals surface area contributed by atoms with Crippen LogP contribution in [0.2, 0.25) is 0 Å². The molecule has 1 N–H and O–H groups in total. The fraction of sp³-hybridized carbons (Fsp3) is 0.636. The molecule has 1 aromatic rings. The smallest absolute Gasteiger partial charge is 0.131 e. The molecule has 1 aliphatic rings. The summed E-state index contributed by atoms with van der Waals surface area (Å²) in [6, 6.07) is 2.29. The topological polar surface area (TPSA) is 37.8 Å². The van der Waals surface area contributed by atoms with E-state index in [4.69, 9.17) is 0 Å². The molecule has 0 spiro atoms. The number of nitrogens with zero attached hydrogens (tertiary/aromatic N) is 2. The first-order valence-electron chi connectivity index (χ1n) is 5.22. The third-order valence-electron chi connectivity index (χ3n) is 3.01. The number of aromatic nitrogens is 2. The highest BCUT2D eigenvalue weighted by atomic mass is 15.0. The van der Waals surface area contributed by atoms with E-state index >= 15 is 0 Å². The summed E-state index contributed by atoms with van der Waals surface area (Å²) in [5.74, 6) is 2.41. The summed E-state index contributed by atoms with van der Waals surface area (Å²) in [6.45, 7) is 4.37. The third-order valence-corrected chi connectivity index (χ3v) is 3.01. The van der Waals surface area contributed by atoms with Gasteiger partial charge in [0.15, 0.2) is 0 Å². The molecule has 1 fully saturated rings. The van der Waals surface area contributed by atoms with Gasteiger partial charge < -0.3 is 5.32 Å². The predicted molar refractivity (Wildman–Crippen MR) is 56.0 cm³/mol. The van der Waals surface area contributed by atoms with E-state index in [0.717, 1.165) is 17.4 Å². The SMILES string of the molecule is CNC(C)c1ccnc(C2CC2C)n1. The van der Waals surface area contributed by atoms with Crippen LogP contribution in [0.5, 0.6) is 0 Å². The molecule has 0 aliphatic heterocycles. The molecule has 14 heavy (non-hydrogen) atoms. The third kappa shape index (κ3) is 1.77. The average molecular weight is 191 g/mol. The minimum absolute atomic E-state index is 0.311. The maximum absolute atomic E-state index is 4.58. The van der Waals surface area contributed by atoms with Crippen LogP contribution in [0.4, 0.5) is 0 Å². The van der Waals surface area contributed by atoms with Crippen molar-refractivity contribution >= 4 is 0 Å². The maximum atomic E-state index is 4.58. The Hall–Kier alpha value is -0.960. The predicted octanol–water partition coefficient (Wildman–Crippen LogP) is 1.88. The van der Waals surface area contributed by atoms with Gasteiger partial charge in [0.25, 0.3) is 0 Å². The van der Waals surface area contributed by atoms with Crippen LogP contribution in [0.3, 0.4) is 0 Å². The summed E-state index contributed by atoms with van der Waals surface area (Å²) in [4.78, 5) is 8.91. The number of rotatable bonds is 3. The average Bonchev–Trinajstić information content (AvgIpc) is 2.95. The van der Waals surface area contributed by atoms with E-state index in [1.54, 1.807) is 0 Å². The highest BCUT2D eigenvalue weighted by Crippen LogP contribution is 2.45. The van der Waals surface area contributed by atoms with Gasteiger partial charge in [0, 0.05) is 18.2 Å². The molecular formula is C11H17N3. The molecular weight excluding hydrogens is 174 g/mol. The highest BCUT2D eigenvalue weighted by Gasteiger charge is 2.36. The monoisotopic (exact) mass is 191 g/mol. The van der Waals surface area contributed by atoms with Crippen LogP contribution in [0.25, 0.3) is 0 Å². The van der Waals surface area contributed by atoms with E-state index in [1.165, 1.54) is 6.42 Å². The van der Waals surface area contributed by atoms with Crippen molar-refractivity contribution in [2.24, 2.45) is 5.92 Å². The molecule has 1 saturated carbocycles. The lowest BCUT2D eigenvalue weighted by atomic mass is 10.2. The van der Waals surface area contributed by atoms with Crippen molar-refractivity contribution < 1.29 is 0 Å². The molecule has 3 heteroatoms. The van der Waals surface area contributed by atoms with E-state index < -0.39 is 0 Å². The van der Waals surface area contributed by atoms with E-state index in [-0.39, 0.29) is 0 Å². The van der Waals surface area contributed by atoms with Crippen molar-refractivity contribution in [2.45, 2.75) is 32.2 Å². The zero-order valence-corrected chi connectivity index (χ0v) is 8.99. The Morgan fingerprint density at radius 2 is 2.29 bits per heavy atom. The molecule has 0 bridgehead atoms. The van der Waals surface area contributed by atoms with Gasteiger partial charge in [0.1, 0.15) is 5.82 Å². The Balaban J connectivity index is 2.19. The molecule has 76 valence electrons. The molecule has 0 saturated heterocycles. The lowest BCUT2D eigenvalue weighted by molar-refractivity contribution is 0.623. The van der Waals surface area contributed by atoms with E-state index in [2.05, 4.69) is 29.1 Å². The minimum Gasteiger partial charge on any atom is -0.312 e. The normalized spacial score (nSPS) is 27.4. The quantitative estimate of drug-likeness (QED) is 0.792. The molecule has 1 aliphatic carbocycles. The largest absolute Gasteiger partial charge is 0.312 e. The molecule has 0 radical (unpaired) electrons. The van der Waals surface area contributed by atoms with Crippen molar-refractivity contribution in [3.63, 3.8) is 0 Å². The molecule has 3 nitrogen and oxygen atoms in total. The maximum Gasteiger partial charge on any atom is 0.131 e. The molecule has 1 heterocycles. The number of hydrogen-bond acceptors (Lipinski definition) is 3. The van der Waals surface area contributed by atoms with Crippen molar-refractivity contribution in [1.29, 1.82) is 0 Å². The van der Waals surface area contributed by atoms with E-state index in [0.29, 0.717) is 12.0 Å². The van der Waals surface area contributed by atoms with E-state index in [9.17, 15) is 0 Å². The molecule has 2 rings (SSSR count). The highest BCUT2D eigenvalue weighted by molar-refractivity contribution is 5.14. The Kier molecular flexibility index (Phi) is 2.50. The Morgan fingerprint density at radius 1 is 1.57 bits per heavy atom. The van der Waals surface area contributed by atoms with Crippen LogP contribution in [-0.2, 0) is 0 Å². The summed E-state index contributed by atoms with van der Waals surface area (Å²) in [5.41, 5.74) is 1.09.